The molecular weight excluding hydrogens is 990 g/mol. The fourth-order valence-corrected chi connectivity index (χ4v) is 14.4. The average molecular weight is 1070 g/mol. The van der Waals surface area contributed by atoms with Crippen LogP contribution < -0.4 is 21.5 Å². The predicted molar refractivity (Wildman–Crippen MR) is 355 cm³/mol. The van der Waals surface area contributed by atoms with E-state index in [0.29, 0.717) is 29.6 Å². The lowest BCUT2D eigenvalue weighted by Gasteiger charge is -2.30. The molecule has 0 amide bonds. The van der Waals surface area contributed by atoms with Crippen molar-refractivity contribution in [2.75, 3.05) is 0 Å². The molecule has 0 saturated heterocycles. The highest BCUT2D eigenvalue weighted by Crippen LogP contribution is 2.76. The van der Waals surface area contributed by atoms with Gasteiger partial charge in [0.15, 0.2) is 0 Å². The van der Waals surface area contributed by atoms with Gasteiger partial charge in [-0.05, 0) is 156 Å². The molecule has 6 unspecified atom stereocenters. The number of nitrogens with zero attached hydrogens (tertiary/aromatic N) is 3. The van der Waals surface area contributed by atoms with E-state index in [2.05, 4.69) is 261 Å². The van der Waals surface area contributed by atoms with Crippen molar-refractivity contribution in [2.24, 2.45) is 42.1 Å². The smallest absolute Gasteiger partial charge is 0.206 e. The second-order valence-corrected chi connectivity index (χ2v) is 23.4. The minimum absolute atomic E-state index is 0.0802. The third-order valence-corrected chi connectivity index (χ3v) is 18.7. The molecule has 1 spiro atoms. The van der Waals surface area contributed by atoms with E-state index < -0.39 is 0 Å². The molecular formula is C78H76BN3. The molecule has 6 atom stereocenters. The zero-order valence-electron chi connectivity index (χ0n) is 49.0. The largest absolute Gasteiger partial charge is 0.344 e. The van der Waals surface area contributed by atoms with Gasteiger partial charge < -0.3 is 14.0 Å². The van der Waals surface area contributed by atoms with Crippen LogP contribution in [0.1, 0.15) is 88.4 Å². The van der Waals surface area contributed by atoms with E-state index in [4.69, 9.17) is 0 Å². The van der Waals surface area contributed by atoms with E-state index >= 15 is 0 Å². The summed E-state index contributed by atoms with van der Waals surface area (Å²) in [5.74, 6) is 3.20. The fraction of sp³-hybridized carbons (Fsp3) is 0.231. The van der Waals surface area contributed by atoms with Crippen LogP contribution in [0.15, 0.2) is 230 Å². The van der Waals surface area contributed by atoms with Crippen LogP contribution >= 0.6 is 0 Å². The van der Waals surface area contributed by atoms with Crippen LogP contribution in [0.25, 0.3) is 73.7 Å². The first-order chi connectivity index (χ1) is 40.3. The molecule has 0 N–H and O–H groups in total. The molecule has 16 rings (SSSR count). The van der Waals surface area contributed by atoms with Crippen LogP contribution in [0, 0.1) is 35.0 Å². The molecule has 406 valence electrons. The summed E-state index contributed by atoms with van der Waals surface area (Å²) in [5.41, 5.74) is 19.2. The molecule has 3 nitrogen and oxygen atoms in total. The molecule has 3 fully saturated rings. The van der Waals surface area contributed by atoms with Crippen LogP contribution in [0.3, 0.4) is 0 Å². The second kappa shape index (κ2) is 21.9. The average Bonchev–Trinajstić information content (AvgIpc) is 1.79. The Bertz CT molecular complexity index is 4240. The maximum absolute atomic E-state index is 4.23. The summed E-state index contributed by atoms with van der Waals surface area (Å²) >= 11 is 0. The summed E-state index contributed by atoms with van der Waals surface area (Å²) in [6.07, 6.45) is 42.5. The highest BCUT2D eigenvalue weighted by Gasteiger charge is 2.70. The van der Waals surface area contributed by atoms with Crippen molar-refractivity contribution in [1.82, 2.24) is 14.0 Å². The third-order valence-electron chi connectivity index (χ3n) is 18.7. The first-order valence-electron chi connectivity index (χ1n) is 30.5. The Morgan fingerprint density at radius 1 is 0.732 bits per heavy atom. The summed E-state index contributed by atoms with van der Waals surface area (Å²) in [4.78, 5) is 2.82. The van der Waals surface area contributed by atoms with Crippen molar-refractivity contribution in [3.8, 4) is 5.69 Å². The van der Waals surface area contributed by atoms with Crippen LogP contribution in [-0.2, 0) is 13.5 Å². The Kier molecular flexibility index (Phi) is 14.1. The molecule has 3 heterocycles. The summed E-state index contributed by atoms with van der Waals surface area (Å²) < 4.78 is 5.00. The van der Waals surface area contributed by atoms with Gasteiger partial charge in [0.1, 0.15) is 0 Å². The molecule has 0 radical (unpaired) electrons. The monoisotopic (exact) mass is 1070 g/mol. The van der Waals surface area contributed by atoms with E-state index in [1.807, 2.05) is 39.0 Å². The Labute approximate surface area is 486 Å². The molecule has 1 aliphatic heterocycles. The zero-order chi connectivity index (χ0) is 56.2. The molecule has 3 saturated carbocycles. The predicted octanol–water partition coefficient (Wildman–Crippen LogP) is 16.9. The van der Waals surface area contributed by atoms with E-state index in [1.165, 1.54) is 124 Å². The summed E-state index contributed by atoms with van der Waals surface area (Å²) in [6, 6.07) is 49.3. The van der Waals surface area contributed by atoms with Gasteiger partial charge in [-0.15, -0.1) is 0 Å². The molecule has 0 bridgehead atoms. The number of benzene rings is 6. The van der Waals surface area contributed by atoms with Gasteiger partial charge in [0, 0.05) is 63.0 Å². The minimum Gasteiger partial charge on any atom is -0.344 e. The highest BCUT2D eigenvalue weighted by atomic mass is 15.2. The summed E-state index contributed by atoms with van der Waals surface area (Å²) in [6.45, 7) is 17.1. The van der Waals surface area contributed by atoms with Gasteiger partial charge >= 0.3 is 0 Å². The lowest BCUT2D eigenvalue weighted by molar-refractivity contribution is 0.540. The quantitative estimate of drug-likeness (QED) is 0.104. The first kappa shape index (κ1) is 53.0. The van der Waals surface area contributed by atoms with Crippen molar-refractivity contribution in [3.05, 3.63) is 269 Å². The fourth-order valence-electron chi connectivity index (χ4n) is 14.4. The Morgan fingerprint density at radius 3 is 2.17 bits per heavy atom. The maximum Gasteiger partial charge on any atom is 0.206 e. The van der Waals surface area contributed by atoms with Crippen LogP contribution in [0.2, 0.25) is 6.82 Å². The Morgan fingerprint density at radius 2 is 1.44 bits per heavy atom. The van der Waals surface area contributed by atoms with Crippen molar-refractivity contribution in [3.63, 3.8) is 0 Å². The third kappa shape index (κ3) is 8.98. The Balaban J connectivity index is 0.000000285. The standard InChI is InChI=1S/C59H50BN3.C10H8.C7H12.C2H6/c1-5-11-51-45(6-2)46-24-19-36(20-25-52(46)61(51)4)38-14-9-16-44(29-38)62-54-27-23-43(60(3)42-22-18-35-12-7-8-13-37(35)28-42)33-49(54)50-32-41-34-59(41)56-48-31-40(48)21-26-55(56)63(58(59)57(50)62)53-17-10-15-39-30-47(39)53;1-2-6-10-8-4-3-7-9(10)5-1;1-3-5-7-6-4-2;1-2/h5-23,25-29,32-33,39-41,47-48H,2,24,30-31,34H2,1,3-4H3;1-8H;3,5-7H,4H2,1-2H3;1-2H3/b11-5-;;5-3-,7-6-;. The van der Waals surface area contributed by atoms with Gasteiger partial charge in [-0.3, -0.25) is 0 Å². The number of hydrogen-bond donors (Lipinski definition) is 0. The number of hydrogen-bond acceptors (Lipinski definition) is 1. The van der Waals surface area contributed by atoms with Gasteiger partial charge in [0.25, 0.3) is 0 Å². The first-order valence-corrected chi connectivity index (χ1v) is 30.5. The second-order valence-electron chi connectivity index (χ2n) is 23.4. The van der Waals surface area contributed by atoms with Crippen molar-refractivity contribution in [2.45, 2.75) is 73.5 Å². The van der Waals surface area contributed by atoms with Gasteiger partial charge in [0.2, 0.25) is 6.71 Å². The van der Waals surface area contributed by atoms with E-state index in [1.54, 1.807) is 11.3 Å². The maximum atomic E-state index is 4.23. The van der Waals surface area contributed by atoms with Crippen molar-refractivity contribution < 1.29 is 0 Å². The SMILES string of the molecule is C/C=C\C=C/CC.C=Cc1c2c(n(C)c1/C=C\C)C=CC(c1cccc(-n3c4c(c5cc(B(C)c6ccc7ccccc7c6)ccc53)=CC3CC35C3=C(C=CC6CC36)N(C3=CC=CC6CC36)C=45)c1)=CC2.CC.c1ccc2ccccc2c1. The molecule has 8 aromatic rings. The van der Waals surface area contributed by atoms with E-state index in [-0.39, 0.29) is 12.1 Å². The highest BCUT2D eigenvalue weighted by molar-refractivity contribution is 6.84. The van der Waals surface area contributed by atoms with Crippen LogP contribution in [-0.4, -0.2) is 20.7 Å². The van der Waals surface area contributed by atoms with Crippen LogP contribution in [0.4, 0.5) is 0 Å². The molecule has 2 aromatic heterocycles. The minimum atomic E-state index is 0.0802. The lowest BCUT2D eigenvalue weighted by Crippen LogP contribution is -2.41. The molecule has 82 heavy (non-hydrogen) atoms. The van der Waals surface area contributed by atoms with Gasteiger partial charge in [-0.25, -0.2) is 0 Å². The lowest BCUT2D eigenvalue weighted by atomic mass is 9.42. The molecule has 6 aromatic carbocycles. The number of rotatable bonds is 9. The van der Waals surface area contributed by atoms with Crippen LogP contribution in [0.5, 0.6) is 0 Å². The number of allylic oxidation sites excluding steroid dienone is 14. The number of aromatic nitrogens is 2. The van der Waals surface area contributed by atoms with E-state index in [0.717, 1.165) is 12.8 Å². The van der Waals surface area contributed by atoms with E-state index in [9.17, 15) is 0 Å². The van der Waals surface area contributed by atoms with Gasteiger partial charge in [-0.2, -0.15) is 0 Å². The Hall–Kier alpha value is -8.34. The van der Waals surface area contributed by atoms with Gasteiger partial charge in [0.05, 0.1) is 16.6 Å². The topological polar surface area (TPSA) is 13.1 Å². The van der Waals surface area contributed by atoms with Gasteiger partial charge in [-0.1, -0.05) is 233 Å². The summed E-state index contributed by atoms with van der Waals surface area (Å²) in [7, 11) is 2.18. The number of fused-ring (bicyclic) bond motifs is 9. The molecule has 7 aliphatic carbocycles. The zero-order valence-corrected chi connectivity index (χ0v) is 49.0. The van der Waals surface area contributed by atoms with Crippen molar-refractivity contribution in [1.29, 1.82) is 0 Å². The van der Waals surface area contributed by atoms with Crippen molar-refractivity contribution >= 4 is 85.7 Å². The molecule has 8 aliphatic rings. The summed E-state index contributed by atoms with van der Waals surface area (Å²) in [5, 5.41) is 9.42. The normalized spacial score (nSPS) is 22.5. The molecule has 4 heteroatoms.